The van der Waals surface area contributed by atoms with Gasteiger partial charge in [-0.15, -0.1) is 0 Å². The number of imide groups is 1. The molecule has 3 amide bonds. The maximum Gasteiger partial charge on any atom is 0.261 e. The van der Waals surface area contributed by atoms with Crippen molar-refractivity contribution in [2.24, 2.45) is 0 Å². The van der Waals surface area contributed by atoms with E-state index in [9.17, 15) is 14.4 Å². The Kier molecular flexibility index (Phi) is 5.40. The molecule has 0 bridgehead atoms. The number of fused-ring (bicyclic) bond motifs is 1. The summed E-state index contributed by atoms with van der Waals surface area (Å²) in [6, 6.07) is 16.9. The van der Waals surface area contributed by atoms with E-state index in [1.807, 2.05) is 47.4 Å². The van der Waals surface area contributed by atoms with E-state index in [1.54, 1.807) is 12.1 Å². The molecule has 3 aromatic carbocycles. The van der Waals surface area contributed by atoms with E-state index in [0.29, 0.717) is 37.3 Å². The third-order valence-corrected chi connectivity index (χ3v) is 7.15. The van der Waals surface area contributed by atoms with E-state index in [1.165, 1.54) is 4.90 Å². The van der Waals surface area contributed by atoms with Crippen LogP contribution < -0.4 is 9.47 Å². The van der Waals surface area contributed by atoms with E-state index >= 15 is 0 Å². The molecule has 3 aliphatic rings. The molecule has 1 atom stereocenters. The summed E-state index contributed by atoms with van der Waals surface area (Å²) in [5, 5.41) is 1.60. The van der Waals surface area contributed by atoms with Crippen LogP contribution in [0, 0.1) is 0 Å². The van der Waals surface area contributed by atoms with E-state index in [-0.39, 0.29) is 36.7 Å². The van der Waals surface area contributed by atoms with Crippen molar-refractivity contribution in [1.82, 2.24) is 9.80 Å². The number of carbonyl (C=O) groups excluding carboxylic acids is 3. The minimum Gasteiger partial charge on any atom is -0.486 e. The molecule has 3 aliphatic heterocycles. The van der Waals surface area contributed by atoms with E-state index < -0.39 is 0 Å². The summed E-state index contributed by atoms with van der Waals surface area (Å²) in [6.45, 7) is 1.99. The first kappa shape index (κ1) is 21.6. The summed E-state index contributed by atoms with van der Waals surface area (Å²) in [4.78, 5) is 42.5. The fourth-order valence-corrected chi connectivity index (χ4v) is 5.49. The van der Waals surface area contributed by atoms with Gasteiger partial charge in [0.2, 0.25) is 5.91 Å². The van der Waals surface area contributed by atoms with Crippen molar-refractivity contribution in [2.45, 2.75) is 31.7 Å². The molecule has 35 heavy (non-hydrogen) atoms. The number of amides is 3. The Bertz CT molecular complexity index is 1300. The number of likely N-dealkylation sites (tertiary alicyclic amines) is 1. The highest BCUT2D eigenvalue weighted by atomic mass is 16.6. The average Bonchev–Trinajstić information content (AvgIpc) is 3.39. The van der Waals surface area contributed by atoms with Crippen LogP contribution in [-0.2, 0) is 4.79 Å². The molecule has 7 heteroatoms. The van der Waals surface area contributed by atoms with Crippen LogP contribution in [0.2, 0.25) is 0 Å². The van der Waals surface area contributed by atoms with Gasteiger partial charge < -0.3 is 14.4 Å². The SMILES string of the molecule is O=C1c2cccc3cccc(c23)C(=O)N1CCCC(=O)N1CCC[C@@H]1c1ccc2c(c1)OCCO2. The molecular weight excluding hydrogens is 444 g/mol. The lowest BCUT2D eigenvalue weighted by Crippen LogP contribution is -2.41. The van der Waals surface area contributed by atoms with Crippen molar-refractivity contribution in [3.05, 3.63) is 71.3 Å². The number of carbonyl (C=O) groups is 3. The highest BCUT2D eigenvalue weighted by Gasteiger charge is 2.34. The lowest BCUT2D eigenvalue weighted by molar-refractivity contribution is -0.132. The topological polar surface area (TPSA) is 76.2 Å². The van der Waals surface area contributed by atoms with Crippen LogP contribution in [0.1, 0.15) is 58.0 Å². The zero-order chi connectivity index (χ0) is 23.9. The Morgan fingerprint density at radius 3 is 2.37 bits per heavy atom. The molecule has 7 nitrogen and oxygen atoms in total. The van der Waals surface area contributed by atoms with Gasteiger partial charge in [-0.05, 0) is 54.5 Å². The van der Waals surface area contributed by atoms with Gasteiger partial charge in [0.1, 0.15) is 13.2 Å². The van der Waals surface area contributed by atoms with Gasteiger partial charge in [0.15, 0.2) is 11.5 Å². The van der Waals surface area contributed by atoms with Gasteiger partial charge in [-0.25, -0.2) is 0 Å². The Labute approximate surface area is 203 Å². The maximum atomic E-state index is 13.2. The minimum absolute atomic E-state index is 0.000978. The lowest BCUT2D eigenvalue weighted by atomic mass is 9.94. The first-order valence-electron chi connectivity index (χ1n) is 12.2. The first-order chi connectivity index (χ1) is 17.1. The molecule has 0 radical (unpaired) electrons. The fraction of sp³-hybridized carbons (Fsp3) is 0.321. The molecular formula is C28H26N2O5. The molecule has 0 N–H and O–H groups in total. The van der Waals surface area contributed by atoms with E-state index in [0.717, 1.165) is 40.7 Å². The quantitative estimate of drug-likeness (QED) is 0.518. The van der Waals surface area contributed by atoms with Crippen LogP contribution in [0.15, 0.2) is 54.6 Å². The molecule has 178 valence electrons. The molecule has 0 aliphatic carbocycles. The third kappa shape index (κ3) is 3.71. The Hall–Kier alpha value is -3.87. The molecule has 1 fully saturated rings. The van der Waals surface area contributed by atoms with Gasteiger partial charge in [-0.3, -0.25) is 19.3 Å². The zero-order valence-electron chi connectivity index (χ0n) is 19.4. The predicted octanol–water partition coefficient (Wildman–Crippen LogP) is 4.35. The van der Waals surface area contributed by atoms with Crippen molar-refractivity contribution in [2.75, 3.05) is 26.3 Å². The Morgan fingerprint density at radius 2 is 1.63 bits per heavy atom. The molecule has 0 aromatic heterocycles. The van der Waals surface area contributed by atoms with Crippen molar-refractivity contribution in [3.63, 3.8) is 0 Å². The van der Waals surface area contributed by atoms with Crippen LogP contribution in [-0.4, -0.2) is 53.8 Å². The summed E-state index contributed by atoms with van der Waals surface area (Å²) in [5.41, 5.74) is 2.13. The highest BCUT2D eigenvalue weighted by molar-refractivity contribution is 6.25. The molecule has 1 saturated heterocycles. The second kappa shape index (κ2) is 8.73. The molecule has 6 rings (SSSR count). The lowest BCUT2D eigenvalue weighted by Gasteiger charge is -2.28. The van der Waals surface area contributed by atoms with Gasteiger partial charge in [0, 0.05) is 36.0 Å². The predicted molar refractivity (Wildman–Crippen MR) is 130 cm³/mol. The van der Waals surface area contributed by atoms with Crippen LogP contribution in [0.25, 0.3) is 10.8 Å². The number of benzene rings is 3. The molecule has 0 spiro atoms. The number of ether oxygens (including phenoxy) is 2. The fourth-order valence-electron chi connectivity index (χ4n) is 5.49. The first-order valence-corrected chi connectivity index (χ1v) is 12.2. The minimum atomic E-state index is -0.290. The van der Waals surface area contributed by atoms with Crippen molar-refractivity contribution in [3.8, 4) is 11.5 Å². The Balaban J connectivity index is 1.13. The number of rotatable bonds is 5. The average molecular weight is 471 g/mol. The van der Waals surface area contributed by atoms with Crippen LogP contribution in [0.4, 0.5) is 0 Å². The number of hydrogen-bond acceptors (Lipinski definition) is 5. The second-order valence-electron chi connectivity index (χ2n) is 9.22. The van der Waals surface area contributed by atoms with Crippen LogP contribution in [0.3, 0.4) is 0 Å². The van der Waals surface area contributed by atoms with Crippen LogP contribution in [0.5, 0.6) is 11.5 Å². The standard InChI is InChI=1S/C28H26N2O5/c31-25(29-13-3-9-22(29)19-11-12-23-24(17-19)35-16-15-34-23)10-4-14-30-27(32)20-7-1-5-18-6-2-8-21(26(18)20)28(30)33/h1-2,5-8,11-12,17,22H,3-4,9-10,13-16H2/t22-/m1/s1. The van der Waals surface area contributed by atoms with Crippen LogP contribution >= 0.6 is 0 Å². The van der Waals surface area contributed by atoms with E-state index in [4.69, 9.17) is 9.47 Å². The highest BCUT2D eigenvalue weighted by Crippen LogP contribution is 2.38. The van der Waals surface area contributed by atoms with Gasteiger partial charge in [0.25, 0.3) is 11.8 Å². The molecule has 3 heterocycles. The number of nitrogens with zero attached hydrogens (tertiary/aromatic N) is 2. The van der Waals surface area contributed by atoms with Crippen molar-refractivity contribution < 1.29 is 23.9 Å². The summed E-state index contributed by atoms with van der Waals surface area (Å²) in [6.07, 6.45) is 2.55. The van der Waals surface area contributed by atoms with Crippen molar-refractivity contribution in [1.29, 1.82) is 0 Å². The monoisotopic (exact) mass is 470 g/mol. The summed E-state index contributed by atoms with van der Waals surface area (Å²) < 4.78 is 11.3. The summed E-state index contributed by atoms with van der Waals surface area (Å²) in [7, 11) is 0. The van der Waals surface area contributed by atoms with Gasteiger partial charge in [0.05, 0.1) is 6.04 Å². The number of hydrogen-bond donors (Lipinski definition) is 0. The van der Waals surface area contributed by atoms with Gasteiger partial charge >= 0.3 is 0 Å². The normalized spacial score (nSPS) is 18.9. The largest absolute Gasteiger partial charge is 0.486 e. The second-order valence-corrected chi connectivity index (χ2v) is 9.22. The van der Waals surface area contributed by atoms with E-state index in [2.05, 4.69) is 0 Å². The summed E-state index contributed by atoms with van der Waals surface area (Å²) in [5.74, 6) is 0.931. The molecule has 0 unspecified atom stereocenters. The maximum absolute atomic E-state index is 13.2. The smallest absolute Gasteiger partial charge is 0.261 e. The summed E-state index contributed by atoms with van der Waals surface area (Å²) >= 11 is 0. The molecule has 0 saturated carbocycles. The zero-order valence-corrected chi connectivity index (χ0v) is 19.4. The Morgan fingerprint density at radius 1 is 0.914 bits per heavy atom. The third-order valence-electron chi connectivity index (χ3n) is 7.15. The molecule has 3 aromatic rings. The van der Waals surface area contributed by atoms with Gasteiger partial charge in [-0.2, -0.15) is 0 Å². The van der Waals surface area contributed by atoms with Gasteiger partial charge in [-0.1, -0.05) is 30.3 Å². The van der Waals surface area contributed by atoms with Crippen molar-refractivity contribution >= 4 is 28.5 Å².